The minimum Gasteiger partial charge on any atom is -0.444 e. The summed E-state index contributed by atoms with van der Waals surface area (Å²) in [5, 5.41) is 11.5. The summed E-state index contributed by atoms with van der Waals surface area (Å²) in [4.78, 5) is 13.8. The van der Waals surface area contributed by atoms with E-state index in [1.165, 1.54) is 0 Å². The first-order valence-electron chi connectivity index (χ1n) is 8.44. The fourth-order valence-electron chi connectivity index (χ4n) is 2.71. The largest absolute Gasteiger partial charge is 0.444 e. The molecule has 1 saturated heterocycles. The number of nitrogens with one attached hydrogen (secondary N) is 1. The molecule has 1 N–H and O–H groups in total. The second-order valence-electron chi connectivity index (χ2n) is 7.07. The molecule has 1 fully saturated rings. The van der Waals surface area contributed by atoms with Crippen LogP contribution in [0.5, 0.6) is 0 Å². The van der Waals surface area contributed by atoms with E-state index in [1.54, 1.807) is 6.33 Å². The van der Waals surface area contributed by atoms with Crippen molar-refractivity contribution in [2.45, 2.75) is 59.2 Å². The number of rotatable bonds is 5. The van der Waals surface area contributed by atoms with Gasteiger partial charge in [-0.25, -0.2) is 4.79 Å². The van der Waals surface area contributed by atoms with E-state index in [0.717, 1.165) is 51.4 Å². The van der Waals surface area contributed by atoms with Gasteiger partial charge >= 0.3 is 6.09 Å². The molecule has 1 amide bonds. The van der Waals surface area contributed by atoms with Crippen molar-refractivity contribution in [3.05, 3.63) is 12.2 Å². The standard InChI is InChI=1S/C16H29N5O2/c1-5-20-12-18-19-14(20)11-17-10-13-6-8-21(9-7-13)15(22)23-16(2,3)4/h12-13,17H,5-11H2,1-4H3. The van der Waals surface area contributed by atoms with Gasteiger partial charge in [0, 0.05) is 19.6 Å². The average Bonchev–Trinajstić information content (AvgIpc) is 2.93. The van der Waals surface area contributed by atoms with Gasteiger partial charge in [-0.1, -0.05) is 0 Å². The fraction of sp³-hybridized carbons (Fsp3) is 0.812. The van der Waals surface area contributed by atoms with Gasteiger partial charge in [0.25, 0.3) is 0 Å². The normalized spacial score (nSPS) is 16.6. The van der Waals surface area contributed by atoms with Crippen molar-refractivity contribution in [3.8, 4) is 0 Å². The van der Waals surface area contributed by atoms with Crippen LogP contribution in [0.1, 0.15) is 46.4 Å². The Hall–Kier alpha value is -1.63. The lowest BCUT2D eigenvalue weighted by Gasteiger charge is -2.33. The molecule has 0 atom stereocenters. The van der Waals surface area contributed by atoms with Crippen molar-refractivity contribution in [2.75, 3.05) is 19.6 Å². The first-order chi connectivity index (χ1) is 10.9. The van der Waals surface area contributed by atoms with Crippen LogP contribution < -0.4 is 5.32 Å². The molecule has 1 aromatic rings. The summed E-state index contributed by atoms with van der Waals surface area (Å²) in [6, 6.07) is 0. The highest BCUT2D eigenvalue weighted by molar-refractivity contribution is 5.68. The second kappa shape index (κ2) is 7.77. The van der Waals surface area contributed by atoms with E-state index in [1.807, 2.05) is 30.2 Å². The molecule has 1 aliphatic heterocycles. The van der Waals surface area contributed by atoms with E-state index >= 15 is 0 Å². The molecule has 0 radical (unpaired) electrons. The fourth-order valence-corrected chi connectivity index (χ4v) is 2.71. The minimum atomic E-state index is -0.426. The number of hydrogen-bond acceptors (Lipinski definition) is 5. The summed E-state index contributed by atoms with van der Waals surface area (Å²) in [6.45, 7) is 11.9. The smallest absolute Gasteiger partial charge is 0.410 e. The third-order valence-electron chi connectivity index (χ3n) is 4.02. The zero-order valence-electron chi connectivity index (χ0n) is 14.7. The highest BCUT2D eigenvalue weighted by Gasteiger charge is 2.26. The number of carbonyl (C=O) groups excluding carboxylic acids is 1. The Morgan fingerprint density at radius 1 is 1.39 bits per heavy atom. The van der Waals surface area contributed by atoms with Gasteiger partial charge in [-0.15, -0.1) is 10.2 Å². The molecule has 0 aliphatic carbocycles. The predicted octanol–water partition coefficient (Wildman–Crippen LogP) is 2.03. The van der Waals surface area contributed by atoms with E-state index in [4.69, 9.17) is 4.74 Å². The monoisotopic (exact) mass is 323 g/mol. The lowest BCUT2D eigenvalue weighted by molar-refractivity contribution is 0.0184. The van der Waals surface area contributed by atoms with Crippen molar-refractivity contribution in [1.29, 1.82) is 0 Å². The van der Waals surface area contributed by atoms with E-state index in [2.05, 4.69) is 22.4 Å². The van der Waals surface area contributed by atoms with E-state index in [-0.39, 0.29) is 6.09 Å². The summed E-state index contributed by atoms with van der Waals surface area (Å²) in [5.74, 6) is 1.56. The molecule has 1 aromatic heterocycles. The molecule has 0 unspecified atom stereocenters. The minimum absolute atomic E-state index is 0.194. The third kappa shape index (κ3) is 5.49. The predicted molar refractivity (Wildman–Crippen MR) is 87.9 cm³/mol. The van der Waals surface area contributed by atoms with Crippen LogP contribution in [0.2, 0.25) is 0 Å². The van der Waals surface area contributed by atoms with Crippen molar-refractivity contribution in [1.82, 2.24) is 25.0 Å². The summed E-state index contributed by atoms with van der Waals surface area (Å²) in [6.07, 6.45) is 3.58. The number of likely N-dealkylation sites (tertiary alicyclic amines) is 1. The van der Waals surface area contributed by atoms with Gasteiger partial charge in [0.2, 0.25) is 0 Å². The maximum atomic E-state index is 12.0. The Labute approximate surface area is 138 Å². The molecule has 7 nitrogen and oxygen atoms in total. The SMILES string of the molecule is CCn1cnnc1CNCC1CCN(C(=O)OC(C)(C)C)CC1. The number of aryl methyl sites for hydroxylation is 1. The summed E-state index contributed by atoms with van der Waals surface area (Å²) >= 11 is 0. The van der Waals surface area contributed by atoms with Gasteiger partial charge in [0.15, 0.2) is 0 Å². The number of ether oxygens (including phenoxy) is 1. The molecule has 1 aliphatic rings. The Morgan fingerprint density at radius 2 is 2.09 bits per heavy atom. The highest BCUT2D eigenvalue weighted by Crippen LogP contribution is 2.19. The van der Waals surface area contributed by atoms with Crippen LogP contribution in [-0.2, 0) is 17.8 Å². The third-order valence-corrected chi connectivity index (χ3v) is 4.02. The molecule has 130 valence electrons. The molecule has 2 heterocycles. The Bertz CT molecular complexity index is 501. The molecule has 0 saturated carbocycles. The zero-order chi connectivity index (χ0) is 16.9. The number of nitrogens with zero attached hydrogens (tertiary/aromatic N) is 4. The van der Waals surface area contributed by atoms with Crippen LogP contribution in [-0.4, -0.2) is 51.0 Å². The Morgan fingerprint density at radius 3 is 2.70 bits per heavy atom. The van der Waals surface area contributed by atoms with E-state index in [9.17, 15) is 4.79 Å². The van der Waals surface area contributed by atoms with Crippen LogP contribution in [0.15, 0.2) is 6.33 Å². The average molecular weight is 323 g/mol. The molecule has 0 spiro atoms. The van der Waals surface area contributed by atoms with Crippen molar-refractivity contribution in [2.24, 2.45) is 5.92 Å². The number of aromatic nitrogens is 3. The zero-order valence-corrected chi connectivity index (χ0v) is 14.7. The van der Waals surface area contributed by atoms with E-state index < -0.39 is 5.60 Å². The van der Waals surface area contributed by atoms with Gasteiger partial charge in [0.05, 0.1) is 6.54 Å². The number of carbonyl (C=O) groups is 1. The first-order valence-corrected chi connectivity index (χ1v) is 8.44. The first kappa shape index (κ1) is 17.7. The highest BCUT2D eigenvalue weighted by atomic mass is 16.6. The van der Waals surface area contributed by atoms with Crippen LogP contribution >= 0.6 is 0 Å². The molecular weight excluding hydrogens is 294 g/mol. The lowest BCUT2D eigenvalue weighted by atomic mass is 9.97. The van der Waals surface area contributed by atoms with Gasteiger partial charge in [-0.05, 0) is 53.0 Å². The molecular formula is C16H29N5O2. The van der Waals surface area contributed by atoms with Crippen LogP contribution in [0.4, 0.5) is 4.79 Å². The van der Waals surface area contributed by atoms with Gasteiger partial charge in [-0.3, -0.25) is 0 Å². The molecule has 2 rings (SSSR count). The second-order valence-corrected chi connectivity index (χ2v) is 7.07. The Balaban J connectivity index is 1.68. The topological polar surface area (TPSA) is 72.3 Å². The Kier molecular flexibility index (Phi) is 5.98. The van der Waals surface area contributed by atoms with Crippen molar-refractivity contribution < 1.29 is 9.53 Å². The van der Waals surface area contributed by atoms with Gasteiger partial charge < -0.3 is 19.5 Å². The maximum Gasteiger partial charge on any atom is 0.410 e. The quantitative estimate of drug-likeness (QED) is 0.897. The molecule has 0 bridgehead atoms. The van der Waals surface area contributed by atoms with Crippen molar-refractivity contribution >= 4 is 6.09 Å². The van der Waals surface area contributed by atoms with Crippen LogP contribution in [0.3, 0.4) is 0 Å². The lowest BCUT2D eigenvalue weighted by Crippen LogP contribution is -2.43. The van der Waals surface area contributed by atoms with Gasteiger partial charge in [0.1, 0.15) is 17.8 Å². The summed E-state index contributed by atoms with van der Waals surface area (Å²) in [5.41, 5.74) is -0.426. The van der Waals surface area contributed by atoms with Crippen molar-refractivity contribution in [3.63, 3.8) is 0 Å². The molecule has 7 heteroatoms. The van der Waals surface area contributed by atoms with Crippen LogP contribution in [0, 0.1) is 5.92 Å². The van der Waals surface area contributed by atoms with E-state index in [0.29, 0.717) is 5.92 Å². The number of hydrogen-bond donors (Lipinski definition) is 1. The number of amides is 1. The summed E-state index contributed by atoms with van der Waals surface area (Å²) in [7, 11) is 0. The summed E-state index contributed by atoms with van der Waals surface area (Å²) < 4.78 is 7.46. The van der Waals surface area contributed by atoms with Gasteiger partial charge in [-0.2, -0.15) is 0 Å². The molecule has 0 aromatic carbocycles. The number of piperidine rings is 1. The molecule has 23 heavy (non-hydrogen) atoms. The van der Waals surface area contributed by atoms with Crippen LogP contribution in [0.25, 0.3) is 0 Å². The maximum absolute atomic E-state index is 12.0.